The van der Waals surface area contributed by atoms with E-state index in [4.69, 9.17) is 4.74 Å². The summed E-state index contributed by atoms with van der Waals surface area (Å²) < 4.78 is 78.3. The largest absolute Gasteiger partial charge is 0.491 e. The molecule has 0 bridgehead atoms. The SMILES string of the molecule is Cn1cnnc1C1(c2cc3c(c(N4Cc5c(cc(CNC6CCC(F)(F)C6)cc5C(F)(F)F)C4=O)c2)OCC3)CCCC1. The molecule has 7 rings (SSSR count). The summed E-state index contributed by atoms with van der Waals surface area (Å²) in [6.07, 6.45) is 0.906. The molecular weight excluding hydrogens is 569 g/mol. The second kappa shape index (κ2) is 10.0. The summed E-state index contributed by atoms with van der Waals surface area (Å²) in [6, 6.07) is 6.00. The molecule has 1 unspecified atom stereocenters. The third kappa shape index (κ3) is 4.78. The number of halogens is 5. The number of hydrogen-bond donors (Lipinski definition) is 1. The van der Waals surface area contributed by atoms with Crippen LogP contribution in [-0.2, 0) is 38.1 Å². The van der Waals surface area contributed by atoms with Crippen LogP contribution in [0.4, 0.5) is 27.6 Å². The summed E-state index contributed by atoms with van der Waals surface area (Å²) in [4.78, 5) is 15.3. The first-order valence-corrected chi connectivity index (χ1v) is 14.8. The molecule has 1 N–H and O–H groups in total. The number of amides is 1. The van der Waals surface area contributed by atoms with Crippen molar-refractivity contribution in [3.8, 4) is 5.75 Å². The number of aryl methyl sites for hydroxylation is 1. The lowest BCUT2D eigenvalue weighted by molar-refractivity contribution is -0.138. The van der Waals surface area contributed by atoms with Crippen molar-refractivity contribution in [3.05, 3.63) is 69.8 Å². The second-order valence-electron chi connectivity index (χ2n) is 12.4. The molecule has 2 aromatic carbocycles. The molecule has 3 heterocycles. The Morgan fingerprint density at radius 1 is 1.12 bits per heavy atom. The maximum absolute atomic E-state index is 14.4. The van der Waals surface area contributed by atoms with E-state index in [1.54, 1.807) is 6.33 Å². The number of benzene rings is 2. The molecule has 2 aliphatic heterocycles. The molecule has 12 heteroatoms. The van der Waals surface area contributed by atoms with Crippen LogP contribution in [0.25, 0.3) is 0 Å². The Bertz CT molecular complexity index is 1590. The summed E-state index contributed by atoms with van der Waals surface area (Å²) in [5, 5.41) is 11.5. The van der Waals surface area contributed by atoms with Crippen molar-refractivity contribution in [2.75, 3.05) is 11.5 Å². The number of ether oxygens (including phenoxy) is 1. The van der Waals surface area contributed by atoms with Crippen LogP contribution in [0.15, 0.2) is 30.6 Å². The fraction of sp³-hybridized carbons (Fsp3) is 0.516. The molecule has 3 aromatic rings. The molecule has 1 aromatic heterocycles. The highest BCUT2D eigenvalue weighted by Crippen LogP contribution is 2.50. The molecule has 43 heavy (non-hydrogen) atoms. The number of nitrogens with one attached hydrogen (secondary N) is 1. The van der Waals surface area contributed by atoms with Crippen molar-refractivity contribution >= 4 is 11.6 Å². The molecule has 2 fully saturated rings. The lowest BCUT2D eigenvalue weighted by Gasteiger charge is -2.30. The summed E-state index contributed by atoms with van der Waals surface area (Å²) >= 11 is 0. The third-order valence-electron chi connectivity index (χ3n) is 9.61. The van der Waals surface area contributed by atoms with Crippen molar-refractivity contribution in [2.45, 2.75) is 88.0 Å². The summed E-state index contributed by atoms with van der Waals surface area (Å²) in [5.41, 5.74) is 1.14. The van der Waals surface area contributed by atoms with Gasteiger partial charge in [0.2, 0.25) is 5.92 Å². The minimum atomic E-state index is -4.70. The molecule has 0 saturated heterocycles. The van der Waals surface area contributed by atoms with Crippen LogP contribution in [0.1, 0.15) is 88.9 Å². The Hall–Kier alpha value is -3.54. The zero-order valence-electron chi connectivity index (χ0n) is 23.7. The zero-order chi connectivity index (χ0) is 30.1. The summed E-state index contributed by atoms with van der Waals surface area (Å²) in [5.74, 6) is -1.97. The zero-order valence-corrected chi connectivity index (χ0v) is 23.7. The monoisotopic (exact) mass is 601 g/mol. The van der Waals surface area contributed by atoms with Gasteiger partial charge in [-0.05, 0) is 59.7 Å². The van der Waals surface area contributed by atoms with Crippen molar-refractivity contribution in [1.29, 1.82) is 0 Å². The first-order valence-electron chi connectivity index (χ1n) is 14.8. The van der Waals surface area contributed by atoms with Gasteiger partial charge in [0.05, 0.1) is 29.8 Å². The molecule has 4 aliphatic rings. The normalized spacial score (nSPS) is 22.2. The van der Waals surface area contributed by atoms with Gasteiger partial charge in [0, 0.05) is 44.5 Å². The van der Waals surface area contributed by atoms with Crippen LogP contribution >= 0.6 is 0 Å². The number of alkyl halides is 5. The predicted octanol–water partition coefficient (Wildman–Crippen LogP) is 6.07. The summed E-state index contributed by atoms with van der Waals surface area (Å²) in [6.45, 7) is 0.127. The Morgan fingerprint density at radius 2 is 1.91 bits per heavy atom. The fourth-order valence-corrected chi connectivity index (χ4v) is 7.51. The van der Waals surface area contributed by atoms with E-state index in [0.29, 0.717) is 24.5 Å². The van der Waals surface area contributed by atoms with E-state index in [1.165, 1.54) is 11.0 Å². The number of aromatic nitrogens is 3. The van der Waals surface area contributed by atoms with Crippen molar-refractivity contribution < 1.29 is 31.5 Å². The van der Waals surface area contributed by atoms with E-state index in [0.717, 1.165) is 48.7 Å². The predicted molar refractivity (Wildman–Crippen MR) is 147 cm³/mol. The lowest BCUT2D eigenvalue weighted by atomic mass is 9.77. The topological polar surface area (TPSA) is 72.3 Å². The smallest absolute Gasteiger partial charge is 0.416 e. The van der Waals surface area contributed by atoms with E-state index >= 15 is 0 Å². The Labute approximate surface area is 245 Å². The van der Waals surface area contributed by atoms with Gasteiger partial charge in [-0.1, -0.05) is 18.9 Å². The highest BCUT2D eigenvalue weighted by Gasteiger charge is 2.45. The van der Waals surface area contributed by atoms with Crippen LogP contribution in [0.5, 0.6) is 5.75 Å². The van der Waals surface area contributed by atoms with Gasteiger partial charge >= 0.3 is 6.18 Å². The molecule has 228 valence electrons. The third-order valence-corrected chi connectivity index (χ3v) is 9.61. The van der Waals surface area contributed by atoms with Gasteiger partial charge in [-0.15, -0.1) is 10.2 Å². The maximum Gasteiger partial charge on any atom is 0.416 e. The van der Waals surface area contributed by atoms with Crippen molar-refractivity contribution in [1.82, 2.24) is 20.1 Å². The number of carbonyl (C=O) groups excluding carboxylic acids is 1. The Balaban J connectivity index is 1.27. The maximum atomic E-state index is 14.4. The van der Waals surface area contributed by atoms with Crippen LogP contribution in [0.3, 0.4) is 0 Å². The number of nitrogens with zero attached hydrogens (tertiary/aromatic N) is 4. The number of anilines is 1. The minimum Gasteiger partial charge on any atom is -0.491 e. The van der Waals surface area contributed by atoms with Gasteiger partial charge in [0.1, 0.15) is 17.9 Å². The van der Waals surface area contributed by atoms with Gasteiger partial charge in [-0.2, -0.15) is 13.2 Å². The summed E-state index contributed by atoms with van der Waals surface area (Å²) in [7, 11) is 1.90. The van der Waals surface area contributed by atoms with E-state index in [-0.39, 0.29) is 49.0 Å². The van der Waals surface area contributed by atoms with Crippen LogP contribution in [0, 0.1) is 0 Å². The van der Waals surface area contributed by atoms with Crippen molar-refractivity contribution in [3.63, 3.8) is 0 Å². The second-order valence-corrected chi connectivity index (χ2v) is 12.4. The van der Waals surface area contributed by atoms with E-state index in [2.05, 4.69) is 21.6 Å². The van der Waals surface area contributed by atoms with Crippen LogP contribution in [-0.4, -0.2) is 39.2 Å². The van der Waals surface area contributed by atoms with Gasteiger partial charge in [-0.3, -0.25) is 4.79 Å². The number of fused-ring (bicyclic) bond motifs is 2. The molecular formula is C31H32F5N5O2. The first-order chi connectivity index (χ1) is 20.5. The number of carbonyl (C=O) groups is 1. The van der Waals surface area contributed by atoms with Gasteiger partial charge in [0.25, 0.3) is 5.91 Å². The molecule has 1 amide bonds. The van der Waals surface area contributed by atoms with Crippen LogP contribution in [0.2, 0.25) is 0 Å². The van der Waals surface area contributed by atoms with Gasteiger partial charge < -0.3 is 19.5 Å². The Morgan fingerprint density at radius 3 is 2.58 bits per heavy atom. The number of rotatable bonds is 6. The molecule has 2 aliphatic carbocycles. The first kappa shape index (κ1) is 28.2. The van der Waals surface area contributed by atoms with Crippen LogP contribution < -0.4 is 15.0 Å². The number of hydrogen-bond acceptors (Lipinski definition) is 5. The molecule has 0 spiro atoms. The fourth-order valence-electron chi connectivity index (χ4n) is 7.51. The highest BCUT2D eigenvalue weighted by atomic mass is 19.4. The average Bonchev–Trinajstić information content (AvgIpc) is 3.78. The van der Waals surface area contributed by atoms with Crippen molar-refractivity contribution in [2.24, 2.45) is 7.05 Å². The van der Waals surface area contributed by atoms with Gasteiger partial charge in [0.15, 0.2) is 0 Å². The molecule has 1 atom stereocenters. The van der Waals surface area contributed by atoms with E-state index < -0.39 is 35.0 Å². The van der Waals surface area contributed by atoms with E-state index in [9.17, 15) is 26.7 Å². The lowest BCUT2D eigenvalue weighted by Crippen LogP contribution is -2.29. The Kier molecular flexibility index (Phi) is 6.57. The average molecular weight is 602 g/mol. The standard InChI is InChI=1S/C31H32F5N5O2/c1-40-17-38-39-28(40)29(6-2-3-7-29)20-12-19-5-9-43-26(19)25(13-20)41-16-23-22(27(41)42)10-18(11-24(23)31(34,35)36)15-37-21-4-8-30(32,33)14-21/h10-13,17,21,37H,2-9,14-16H2,1H3. The van der Waals surface area contributed by atoms with E-state index in [1.807, 2.05) is 17.7 Å². The van der Waals surface area contributed by atoms with Gasteiger partial charge in [-0.25, -0.2) is 8.78 Å². The molecule has 0 radical (unpaired) electrons. The highest BCUT2D eigenvalue weighted by molar-refractivity contribution is 6.11. The minimum absolute atomic E-state index is 0.0237. The molecule has 2 saturated carbocycles. The molecule has 7 nitrogen and oxygen atoms in total. The quantitative estimate of drug-likeness (QED) is 0.348.